The van der Waals surface area contributed by atoms with Crippen molar-refractivity contribution in [2.24, 2.45) is 11.8 Å². The third-order valence-corrected chi connectivity index (χ3v) is 9.14. The highest BCUT2D eigenvalue weighted by Gasteiger charge is 2.68. The van der Waals surface area contributed by atoms with E-state index in [0.717, 1.165) is 31.2 Å². The van der Waals surface area contributed by atoms with Crippen LogP contribution in [-0.2, 0) is 28.6 Å². The van der Waals surface area contributed by atoms with Gasteiger partial charge < -0.3 is 9.64 Å². The molecule has 1 aromatic rings. The standard InChI is InChI=1S/C22H27NO6S/c1-15-5-7-17(8-6-15)30(26,27)29-21-10-11-23-19(24)12-16-4-2-3-9-22(16,23)18(21)13-20(25)28-14-21/h5-8,16,18H,2-4,9-14H2,1H3/t16-,18+,21+,22-/m0/s1. The van der Waals surface area contributed by atoms with Gasteiger partial charge >= 0.3 is 5.97 Å². The topological polar surface area (TPSA) is 90.0 Å². The number of esters is 1. The lowest BCUT2D eigenvalue weighted by atomic mass is 9.57. The van der Waals surface area contributed by atoms with E-state index in [1.54, 1.807) is 24.3 Å². The van der Waals surface area contributed by atoms with Crippen molar-refractivity contribution in [2.75, 3.05) is 13.2 Å². The first kappa shape index (κ1) is 20.0. The number of piperidine rings is 1. The maximum absolute atomic E-state index is 13.2. The number of nitrogens with zero attached hydrogens (tertiary/aromatic N) is 1. The van der Waals surface area contributed by atoms with E-state index in [1.165, 1.54) is 0 Å². The Hall–Kier alpha value is -1.93. The highest BCUT2D eigenvalue weighted by molar-refractivity contribution is 7.86. The highest BCUT2D eigenvalue weighted by atomic mass is 32.2. The Balaban J connectivity index is 1.57. The number of carbonyl (C=O) groups is 2. The Morgan fingerprint density at radius 1 is 1.10 bits per heavy atom. The average molecular weight is 434 g/mol. The molecule has 0 unspecified atom stereocenters. The molecule has 30 heavy (non-hydrogen) atoms. The predicted octanol–water partition coefficient (Wildman–Crippen LogP) is 2.57. The quantitative estimate of drug-likeness (QED) is 0.538. The van der Waals surface area contributed by atoms with Crippen LogP contribution in [0.4, 0.5) is 0 Å². The molecule has 1 amide bonds. The molecule has 3 aliphatic heterocycles. The number of benzene rings is 1. The van der Waals surface area contributed by atoms with E-state index in [4.69, 9.17) is 8.92 Å². The van der Waals surface area contributed by atoms with Gasteiger partial charge in [-0.1, -0.05) is 30.5 Å². The fourth-order valence-electron chi connectivity index (χ4n) is 6.41. The van der Waals surface area contributed by atoms with Crippen molar-refractivity contribution < 1.29 is 26.9 Å². The van der Waals surface area contributed by atoms with Crippen molar-refractivity contribution in [3.8, 4) is 0 Å². The minimum absolute atomic E-state index is 0.0852. The molecule has 0 radical (unpaired) electrons. The van der Waals surface area contributed by atoms with Crippen LogP contribution < -0.4 is 0 Å². The van der Waals surface area contributed by atoms with Crippen LogP contribution in [0.2, 0.25) is 0 Å². The number of rotatable bonds is 3. The van der Waals surface area contributed by atoms with Crippen molar-refractivity contribution in [3.05, 3.63) is 29.8 Å². The average Bonchev–Trinajstić information content (AvgIpc) is 3.01. The number of amides is 1. The van der Waals surface area contributed by atoms with Crippen LogP contribution in [0.15, 0.2) is 29.2 Å². The molecule has 5 rings (SSSR count). The molecule has 3 saturated heterocycles. The van der Waals surface area contributed by atoms with E-state index >= 15 is 0 Å². The molecule has 4 aliphatic rings. The molecular weight excluding hydrogens is 406 g/mol. The Morgan fingerprint density at radius 2 is 1.87 bits per heavy atom. The van der Waals surface area contributed by atoms with Gasteiger partial charge in [-0.2, -0.15) is 8.42 Å². The molecule has 0 N–H and O–H groups in total. The highest BCUT2D eigenvalue weighted by Crippen LogP contribution is 2.59. The van der Waals surface area contributed by atoms with Gasteiger partial charge in [0.2, 0.25) is 5.91 Å². The maximum atomic E-state index is 13.2. The first-order chi connectivity index (χ1) is 14.3. The van der Waals surface area contributed by atoms with Gasteiger partial charge in [0.25, 0.3) is 10.1 Å². The molecule has 1 aromatic carbocycles. The number of fused-ring (bicyclic) bond motifs is 1. The summed E-state index contributed by atoms with van der Waals surface area (Å²) in [7, 11) is -4.05. The van der Waals surface area contributed by atoms with Crippen molar-refractivity contribution in [3.63, 3.8) is 0 Å². The number of aryl methyl sites for hydroxylation is 1. The lowest BCUT2D eigenvalue weighted by Gasteiger charge is -2.60. The molecular formula is C22H27NO6S. The second-order valence-corrected chi connectivity index (χ2v) is 10.8. The predicted molar refractivity (Wildman–Crippen MR) is 107 cm³/mol. The fourth-order valence-corrected chi connectivity index (χ4v) is 7.66. The monoisotopic (exact) mass is 433 g/mol. The van der Waals surface area contributed by atoms with E-state index in [0.29, 0.717) is 19.4 Å². The van der Waals surface area contributed by atoms with Crippen molar-refractivity contribution >= 4 is 22.0 Å². The largest absolute Gasteiger partial charge is 0.463 e. The normalized spacial score (nSPS) is 36.0. The summed E-state index contributed by atoms with van der Waals surface area (Å²) in [5.74, 6) is -0.459. The number of carbonyl (C=O) groups excluding carboxylic acids is 2. The van der Waals surface area contributed by atoms with Crippen LogP contribution in [-0.4, -0.2) is 49.5 Å². The van der Waals surface area contributed by atoms with E-state index < -0.39 is 21.3 Å². The van der Waals surface area contributed by atoms with Crippen LogP contribution in [0.1, 0.15) is 50.5 Å². The Kier molecular flexibility index (Phi) is 4.52. The van der Waals surface area contributed by atoms with Gasteiger partial charge in [-0.15, -0.1) is 0 Å². The summed E-state index contributed by atoms with van der Waals surface area (Å²) < 4.78 is 37.8. The Morgan fingerprint density at radius 3 is 2.63 bits per heavy atom. The minimum atomic E-state index is -4.05. The van der Waals surface area contributed by atoms with Gasteiger partial charge in [-0.25, -0.2) is 0 Å². The number of cyclic esters (lactones) is 1. The lowest BCUT2D eigenvalue weighted by Crippen LogP contribution is -2.71. The van der Waals surface area contributed by atoms with Crippen molar-refractivity contribution in [1.29, 1.82) is 0 Å². The first-order valence-electron chi connectivity index (χ1n) is 10.8. The molecule has 8 heteroatoms. The second-order valence-electron chi connectivity index (χ2n) is 9.27. The lowest BCUT2D eigenvalue weighted by molar-refractivity contribution is -0.203. The zero-order valence-corrected chi connectivity index (χ0v) is 17.9. The summed E-state index contributed by atoms with van der Waals surface area (Å²) >= 11 is 0. The number of hydrogen-bond acceptors (Lipinski definition) is 6. The molecule has 1 saturated carbocycles. The first-order valence-corrected chi connectivity index (χ1v) is 12.2. The maximum Gasteiger partial charge on any atom is 0.306 e. The van der Waals surface area contributed by atoms with E-state index in [-0.39, 0.29) is 41.6 Å². The molecule has 3 heterocycles. The third kappa shape index (κ3) is 2.83. The number of hydrogen-bond donors (Lipinski definition) is 0. The van der Waals surface area contributed by atoms with Crippen molar-refractivity contribution in [1.82, 2.24) is 4.90 Å². The smallest absolute Gasteiger partial charge is 0.306 e. The zero-order chi connectivity index (χ0) is 21.1. The molecule has 162 valence electrons. The van der Waals surface area contributed by atoms with Gasteiger partial charge in [0.05, 0.1) is 16.9 Å². The zero-order valence-electron chi connectivity index (χ0n) is 17.1. The molecule has 1 spiro atoms. The van der Waals surface area contributed by atoms with Gasteiger partial charge in [0.15, 0.2) is 0 Å². The van der Waals surface area contributed by atoms with Crippen LogP contribution in [0.25, 0.3) is 0 Å². The molecule has 7 nitrogen and oxygen atoms in total. The minimum Gasteiger partial charge on any atom is -0.463 e. The van der Waals surface area contributed by atoms with Crippen LogP contribution in [0.3, 0.4) is 0 Å². The van der Waals surface area contributed by atoms with Gasteiger partial charge in [-0.3, -0.25) is 13.8 Å². The fraction of sp³-hybridized carbons (Fsp3) is 0.636. The molecule has 1 aliphatic carbocycles. The SMILES string of the molecule is Cc1ccc(S(=O)(=O)O[C@@]23CCN4C(=O)C[C@@H]5CCCC[C@@]54[C@@H]2CC(=O)OC3)cc1. The Bertz CT molecular complexity index is 989. The van der Waals surface area contributed by atoms with Gasteiger partial charge in [-0.05, 0) is 44.2 Å². The molecule has 0 aromatic heterocycles. The number of ether oxygens (including phenoxy) is 1. The molecule has 4 atom stereocenters. The summed E-state index contributed by atoms with van der Waals surface area (Å²) in [6.45, 7) is 2.24. The summed E-state index contributed by atoms with van der Waals surface area (Å²) in [4.78, 5) is 27.2. The summed E-state index contributed by atoms with van der Waals surface area (Å²) in [5, 5.41) is 0. The van der Waals surface area contributed by atoms with Crippen LogP contribution in [0.5, 0.6) is 0 Å². The van der Waals surface area contributed by atoms with Crippen LogP contribution >= 0.6 is 0 Å². The summed E-state index contributed by atoms with van der Waals surface area (Å²) in [6.07, 6.45) is 4.64. The molecule has 4 fully saturated rings. The second kappa shape index (κ2) is 6.79. The van der Waals surface area contributed by atoms with E-state index in [2.05, 4.69) is 0 Å². The van der Waals surface area contributed by atoms with E-state index in [9.17, 15) is 18.0 Å². The Labute approximate surface area is 176 Å². The van der Waals surface area contributed by atoms with Crippen molar-refractivity contribution in [2.45, 2.75) is 67.9 Å². The summed E-state index contributed by atoms with van der Waals surface area (Å²) in [5.41, 5.74) is -0.678. The summed E-state index contributed by atoms with van der Waals surface area (Å²) in [6, 6.07) is 6.56. The van der Waals surface area contributed by atoms with Gasteiger partial charge in [0.1, 0.15) is 12.2 Å². The van der Waals surface area contributed by atoms with Gasteiger partial charge in [0, 0.05) is 18.9 Å². The van der Waals surface area contributed by atoms with Crippen LogP contribution in [0, 0.1) is 18.8 Å². The van der Waals surface area contributed by atoms with E-state index in [1.807, 2.05) is 11.8 Å². The third-order valence-electron chi connectivity index (χ3n) is 7.74. The molecule has 0 bridgehead atoms.